The number of rotatable bonds is 3. The zero-order valence-electron chi connectivity index (χ0n) is 14.3. The van der Waals surface area contributed by atoms with Crippen LogP contribution in [0.2, 0.25) is 5.02 Å². The van der Waals surface area contributed by atoms with Gasteiger partial charge in [-0.25, -0.2) is 4.98 Å². The van der Waals surface area contributed by atoms with E-state index in [-0.39, 0.29) is 12.0 Å². The minimum atomic E-state index is -0.163. The summed E-state index contributed by atoms with van der Waals surface area (Å²) in [6, 6.07) is 11.1. The van der Waals surface area contributed by atoms with Gasteiger partial charge in [-0.1, -0.05) is 23.7 Å². The molecule has 3 heterocycles. The van der Waals surface area contributed by atoms with E-state index in [4.69, 9.17) is 21.1 Å². The predicted molar refractivity (Wildman–Crippen MR) is 97.8 cm³/mol. The molecule has 0 saturated carbocycles. The van der Waals surface area contributed by atoms with Gasteiger partial charge in [0, 0.05) is 23.8 Å². The number of morpholine rings is 1. The lowest BCUT2D eigenvalue weighted by atomic mass is 10.1. The topological polar surface area (TPSA) is 56.1 Å². The van der Waals surface area contributed by atoms with Gasteiger partial charge in [0.25, 0.3) is 5.91 Å². The molecule has 1 fully saturated rings. The van der Waals surface area contributed by atoms with Crippen molar-refractivity contribution < 1.29 is 14.3 Å². The number of methoxy groups -OCH3 is 1. The molecule has 0 bridgehead atoms. The Morgan fingerprint density at radius 2 is 2.12 bits per heavy atom. The molecule has 1 amide bonds. The quantitative estimate of drug-likeness (QED) is 0.709. The third-order valence-corrected chi connectivity index (χ3v) is 4.79. The molecule has 6 nitrogen and oxygen atoms in total. The molecule has 2 aromatic heterocycles. The Labute approximate surface area is 155 Å². The minimum absolute atomic E-state index is 0.0649. The van der Waals surface area contributed by atoms with Gasteiger partial charge in [-0.15, -0.1) is 0 Å². The van der Waals surface area contributed by atoms with Crippen LogP contribution in [-0.2, 0) is 4.74 Å². The second kappa shape index (κ2) is 6.97. The molecule has 1 aliphatic rings. The van der Waals surface area contributed by atoms with Crippen LogP contribution in [0, 0.1) is 0 Å². The smallest absolute Gasteiger partial charge is 0.272 e. The van der Waals surface area contributed by atoms with Crippen LogP contribution in [0.5, 0.6) is 5.75 Å². The molecule has 1 saturated heterocycles. The first-order valence-electron chi connectivity index (χ1n) is 8.33. The number of imidazole rings is 1. The van der Waals surface area contributed by atoms with Gasteiger partial charge in [0.15, 0.2) is 0 Å². The number of hydrogen-bond donors (Lipinski definition) is 0. The van der Waals surface area contributed by atoms with E-state index in [1.54, 1.807) is 40.9 Å². The van der Waals surface area contributed by atoms with E-state index in [0.717, 1.165) is 5.56 Å². The number of halogens is 1. The molecule has 0 unspecified atom stereocenters. The summed E-state index contributed by atoms with van der Waals surface area (Å²) in [7, 11) is 1.60. The number of aromatic nitrogens is 2. The molecule has 134 valence electrons. The molecule has 1 aromatic carbocycles. The van der Waals surface area contributed by atoms with Gasteiger partial charge in [0.05, 0.1) is 26.5 Å². The third-order valence-electron chi connectivity index (χ3n) is 4.53. The lowest BCUT2D eigenvalue weighted by molar-refractivity contribution is -0.0230. The van der Waals surface area contributed by atoms with Crippen molar-refractivity contribution >= 4 is 23.2 Å². The molecule has 0 aliphatic carbocycles. The molecular weight excluding hydrogens is 354 g/mol. The molecule has 1 atom stereocenters. The summed E-state index contributed by atoms with van der Waals surface area (Å²) in [5, 5.41) is 0.679. The second-order valence-electron chi connectivity index (χ2n) is 6.10. The minimum Gasteiger partial charge on any atom is -0.497 e. The van der Waals surface area contributed by atoms with E-state index >= 15 is 0 Å². The Bertz CT molecular complexity index is 939. The van der Waals surface area contributed by atoms with E-state index in [2.05, 4.69) is 4.98 Å². The summed E-state index contributed by atoms with van der Waals surface area (Å²) in [4.78, 5) is 19.1. The van der Waals surface area contributed by atoms with Gasteiger partial charge in [-0.2, -0.15) is 0 Å². The van der Waals surface area contributed by atoms with Crippen LogP contribution in [0.3, 0.4) is 0 Å². The van der Waals surface area contributed by atoms with Gasteiger partial charge < -0.3 is 14.4 Å². The maximum Gasteiger partial charge on any atom is 0.272 e. The van der Waals surface area contributed by atoms with Gasteiger partial charge in [-0.05, 0) is 23.8 Å². The first-order chi connectivity index (χ1) is 12.7. The standard InChI is InChI=1S/C19H18ClN3O3/c1-25-15-6-7-23-16(11-21-18(23)10-15)19(24)22-8-9-26-17(12-22)13-2-4-14(20)5-3-13/h2-7,10-11,17H,8-9,12H2,1H3/t17-/m0/s1. The van der Waals surface area contributed by atoms with Crippen LogP contribution < -0.4 is 4.74 Å². The highest BCUT2D eigenvalue weighted by molar-refractivity contribution is 6.30. The Balaban J connectivity index is 1.57. The highest BCUT2D eigenvalue weighted by Crippen LogP contribution is 2.25. The molecule has 3 aromatic rings. The lowest BCUT2D eigenvalue weighted by Crippen LogP contribution is -2.42. The maximum absolute atomic E-state index is 13.0. The number of nitrogens with zero attached hydrogens (tertiary/aromatic N) is 3. The van der Waals surface area contributed by atoms with Gasteiger partial charge >= 0.3 is 0 Å². The summed E-state index contributed by atoms with van der Waals surface area (Å²) < 4.78 is 12.8. The lowest BCUT2D eigenvalue weighted by Gasteiger charge is -2.33. The molecule has 7 heteroatoms. The number of ether oxygens (including phenoxy) is 2. The highest BCUT2D eigenvalue weighted by Gasteiger charge is 2.27. The third kappa shape index (κ3) is 3.13. The molecule has 4 rings (SSSR count). The number of carbonyl (C=O) groups is 1. The summed E-state index contributed by atoms with van der Waals surface area (Å²) in [5.74, 6) is 0.640. The first kappa shape index (κ1) is 16.9. The van der Waals surface area contributed by atoms with Crippen LogP contribution in [0.4, 0.5) is 0 Å². The molecule has 0 radical (unpaired) electrons. The van der Waals surface area contributed by atoms with Crippen molar-refractivity contribution in [3.8, 4) is 5.75 Å². The normalized spacial score (nSPS) is 17.5. The fraction of sp³-hybridized carbons (Fsp3) is 0.263. The molecule has 1 aliphatic heterocycles. The van der Waals surface area contributed by atoms with Crippen LogP contribution >= 0.6 is 11.6 Å². The molecule has 0 spiro atoms. The van der Waals surface area contributed by atoms with E-state index in [1.807, 2.05) is 24.3 Å². The summed E-state index contributed by atoms with van der Waals surface area (Å²) in [6.07, 6.45) is 3.24. The molecular formula is C19H18ClN3O3. The van der Waals surface area contributed by atoms with Crippen molar-refractivity contribution in [3.05, 3.63) is 65.1 Å². The zero-order valence-corrected chi connectivity index (χ0v) is 15.0. The average Bonchev–Trinajstić information content (AvgIpc) is 3.11. The van der Waals surface area contributed by atoms with Crippen molar-refractivity contribution in [3.63, 3.8) is 0 Å². The van der Waals surface area contributed by atoms with Crippen molar-refractivity contribution in [2.45, 2.75) is 6.10 Å². The predicted octanol–water partition coefficient (Wildman–Crippen LogP) is 3.21. The van der Waals surface area contributed by atoms with E-state index in [9.17, 15) is 4.79 Å². The molecule has 0 N–H and O–H groups in total. The summed E-state index contributed by atoms with van der Waals surface area (Å²) in [6.45, 7) is 1.53. The maximum atomic E-state index is 13.0. The summed E-state index contributed by atoms with van der Waals surface area (Å²) >= 11 is 5.95. The zero-order chi connectivity index (χ0) is 18.1. The number of hydrogen-bond acceptors (Lipinski definition) is 4. The van der Waals surface area contributed by atoms with Crippen molar-refractivity contribution in [2.75, 3.05) is 26.8 Å². The summed E-state index contributed by atoms with van der Waals surface area (Å²) in [5.41, 5.74) is 2.21. The number of fused-ring (bicyclic) bond motifs is 1. The van der Waals surface area contributed by atoms with Crippen molar-refractivity contribution in [2.24, 2.45) is 0 Å². The van der Waals surface area contributed by atoms with E-state index < -0.39 is 0 Å². The fourth-order valence-corrected chi connectivity index (χ4v) is 3.25. The monoisotopic (exact) mass is 371 g/mol. The van der Waals surface area contributed by atoms with Crippen LogP contribution in [-0.4, -0.2) is 47.0 Å². The van der Waals surface area contributed by atoms with Crippen LogP contribution in [0.1, 0.15) is 22.2 Å². The number of carbonyl (C=O) groups excluding carboxylic acids is 1. The Morgan fingerprint density at radius 3 is 2.88 bits per heavy atom. The number of pyridine rings is 1. The molecule has 26 heavy (non-hydrogen) atoms. The van der Waals surface area contributed by atoms with E-state index in [0.29, 0.717) is 41.8 Å². The highest BCUT2D eigenvalue weighted by atomic mass is 35.5. The van der Waals surface area contributed by atoms with Gasteiger partial charge in [-0.3, -0.25) is 9.20 Å². The van der Waals surface area contributed by atoms with Crippen LogP contribution in [0.25, 0.3) is 5.65 Å². The van der Waals surface area contributed by atoms with Crippen molar-refractivity contribution in [1.29, 1.82) is 0 Å². The van der Waals surface area contributed by atoms with Gasteiger partial charge in [0.2, 0.25) is 0 Å². The Kier molecular flexibility index (Phi) is 4.53. The average molecular weight is 372 g/mol. The van der Waals surface area contributed by atoms with Crippen molar-refractivity contribution in [1.82, 2.24) is 14.3 Å². The SMILES string of the molecule is COc1ccn2c(C(=O)N3CCO[C@H](c4ccc(Cl)cc4)C3)cnc2c1. The first-order valence-corrected chi connectivity index (χ1v) is 8.71. The number of benzene rings is 1. The Hall–Kier alpha value is -2.57. The second-order valence-corrected chi connectivity index (χ2v) is 6.54. The van der Waals surface area contributed by atoms with Crippen LogP contribution in [0.15, 0.2) is 48.8 Å². The fourth-order valence-electron chi connectivity index (χ4n) is 3.12. The largest absolute Gasteiger partial charge is 0.497 e. The Morgan fingerprint density at radius 1 is 1.31 bits per heavy atom. The van der Waals surface area contributed by atoms with E-state index in [1.165, 1.54) is 0 Å². The van der Waals surface area contributed by atoms with Gasteiger partial charge in [0.1, 0.15) is 23.2 Å². The number of amides is 1.